The number of hydrogen-bond acceptors (Lipinski definition) is 1. The van der Waals surface area contributed by atoms with Crippen molar-refractivity contribution in [2.24, 2.45) is 10.8 Å². The van der Waals surface area contributed by atoms with Gasteiger partial charge in [0.1, 0.15) is 5.78 Å². The molecule has 0 aromatic heterocycles. The van der Waals surface area contributed by atoms with E-state index in [0.29, 0.717) is 21.9 Å². The van der Waals surface area contributed by atoms with Crippen molar-refractivity contribution in [3.05, 3.63) is 34.3 Å². The van der Waals surface area contributed by atoms with E-state index >= 15 is 0 Å². The molecule has 3 unspecified atom stereocenters. The number of carbonyl (C=O) groups excluding carboxylic acids is 1. The van der Waals surface area contributed by atoms with Crippen LogP contribution in [-0.4, -0.2) is 11.1 Å². The third-order valence-corrected chi connectivity index (χ3v) is 7.30. The summed E-state index contributed by atoms with van der Waals surface area (Å²) in [6, 6.07) is 8.74. The Balaban J connectivity index is 1.77. The Kier molecular flexibility index (Phi) is 2.47. The summed E-state index contributed by atoms with van der Waals surface area (Å²) < 4.78 is 1.16. The van der Waals surface area contributed by atoms with Gasteiger partial charge in [0.2, 0.25) is 0 Å². The highest BCUT2D eigenvalue weighted by Gasteiger charge is 2.85. The summed E-state index contributed by atoms with van der Waals surface area (Å²) >= 11 is 6.98. The van der Waals surface area contributed by atoms with Crippen molar-refractivity contribution < 1.29 is 4.79 Å². The van der Waals surface area contributed by atoms with Crippen LogP contribution in [0.3, 0.4) is 0 Å². The molecule has 4 rings (SSSR count). The third kappa shape index (κ3) is 1.25. The standard InChI is InChI=1S/C16H16Br2O/c17-9-13(19)14-4-5-15(10-16(14,15)7-6-14)11-2-1-3-12(18)8-11/h1-3,8H,4-7,9-10H2. The molecule has 0 N–H and O–H groups in total. The number of hydrogen-bond donors (Lipinski definition) is 0. The van der Waals surface area contributed by atoms with Gasteiger partial charge < -0.3 is 0 Å². The number of Topliss-reactive ketones (excluding diaryl/α,β-unsaturated/α-hetero) is 1. The lowest BCUT2D eigenvalue weighted by molar-refractivity contribution is -0.137. The number of benzene rings is 1. The summed E-state index contributed by atoms with van der Waals surface area (Å²) in [4.78, 5) is 12.4. The van der Waals surface area contributed by atoms with Crippen LogP contribution in [-0.2, 0) is 10.2 Å². The molecule has 3 atom stereocenters. The van der Waals surface area contributed by atoms with E-state index in [-0.39, 0.29) is 5.41 Å². The average molecular weight is 384 g/mol. The topological polar surface area (TPSA) is 17.1 Å². The van der Waals surface area contributed by atoms with Gasteiger partial charge in [0.15, 0.2) is 0 Å². The predicted octanol–water partition coefficient (Wildman–Crippen LogP) is 4.62. The lowest BCUT2D eigenvalue weighted by Gasteiger charge is -2.47. The van der Waals surface area contributed by atoms with Gasteiger partial charge in [-0.2, -0.15) is 0 Å². The maximum Gasteiger partial charge on any atom is 0.150 e. The molecule has 0 heterocycles. The Morgan fingerprint density at radius 2 is 2.00 bits per heavy atom. The van der Waals surface area contributed by atoms with Gasteiger partial charge in [0, 0.05) is 15.3 Å². The number of carbonyl (C=O) groups is 1. The van der Waals surface area contributed by atoms with Crippen LogP contribution in [0.25, 0.3) is 0 Å². The van der Waals surface area contributed by atoms with Crippen LogP contribution >= 0.6 is 31.9 Å². The van der Waals surface area contributed by atoms with Crippen LogP contribution in [0.4, 0.5) is 0 Å². The summed E-state index contributed by atoms with van der Waals surface area (Å²) in [5.41, 5.74) is 2.09. The lowest BCUT2D eigenvalue weighted by atomic mass is 9.55. The van der Waals surface area contributed by atoms with Crippen LogP contribution in [0, 0.1) is 10.8 Å². The molecule has 3 aliphatic rings. The molecule has 0 amide bonds. The zero-order valence-electron chi connectivity index (χ0n) is 10.7. The molecular weight excluding hydrogens is 368 g/mol. The normalized spacial score (nSPS) is 42.2. The molecule has 1 nitrogen and oxygen atoms in total. The maximum atomic E-state index is 12.4. The van der Waals surface area contributed by atoms with Crippen molar-refractivity contribution in [1.82, 2.24) is 0 Å². The van der Waals surface area contributed by atoms with Crippen LogP contribution < -0.4 is 0 Å². The van der Waals surface area contributed by atoms with E-state index in [1.54, 1.807) is 0 Å². The van der Waals surface area contributed by atoms with Gasteiger partial charge in [0.05, 0.1) is 5.33 Å². The van der Waals surface area contributed by atoms with Gasteiger partial charge in [-0.05, 0) is 55.2 Å². The minimum absolute atomic E-state index is 0.0127. The van der Waals surface area contributed by atoms with E-state index in [1.807, 2.05) is 0 Å². The molecule has 0 bridgehead atoms. The number of ketones is 1. The average Bonchev–Trinajstić information content (AvgIpc) is 3.06. The second-order valence-electron chi connectivity index (χ2n) is 6.49. The van der Waals surface area contributed by atoms with E-state index in [2.05, 4.69) is 56.1 Å². The molecular formula is C16H16Br2O. The summed E-state index contributed by atoms with van der Waals surface area (Å²) in [5.74, 6) is 0.452. The van der Waals surface area contributed by atoms with Crippen molar-refractivity contribution in [1.29, 1.82) is 0 Å². The molecule has 1 spiro atoms. The quantitative estimate of drug-likeness (QED) is 0.696. The summed E-state index contributed by atoms with van der Waals surface area (Å²) in [7, 11) is 0. The molecule has 3 aliphatic carbocycles. The molecule has 0 aliphatic heterocycles. The minimum atomic E-state index is 0.0127. The molecule has 3 heteroatoms. The Morgan fingerprint density at radius 1 is 1.21 bits per heavy atom. The first-order valence-electron chi connectivity index (χ1n) is 6.96. The van der Waals surface area contributed by atoms with Crippen LogP contribution in [0.2, 0.25) is 0 Å². The van der Waals surface area contributed by atoms with Gasteiger partial charge >= 0.3 is 0 Å². The van der Waals surface area contributed by atoms with E-state index in [0.717, 1.165) is 17.3 Å². The molecule has 19 heavy (non-hydrogen) atoms. The SMILES string of the molecule is O=C(CBr)C12CCC3(c4cccc(Br)c4)CC13CC2. The van der Waals surface area contributed by atoms with Crippen molar-refractivity contribution in [2.75, 3.05) is 5.33 Å². The van der Waals surface area contributed by atoms with Gasteiger partial charge in [-0.1, -0.05) is 44.0 Å². The Hall–Kier alpha value is -0.150. The van der Waals surface area contributed by atoms with E-state index in [9.17, 15) is 4.79 Å². The highest BCUT2D eigenvalue weighted by atomic mass is 79.9. The summed E-state index contributed by atoms with van der Waals surface area (Å²) in [6.07, 6.45) is 5.90. The van der Waals surface area contributed by atoms with Crippen molar-refractivity contribution in [3.63, 3.8) is 0 Å². The van der Waals surface area contributed by atoms with Gasteiger partial charge in [-0.3, -0.25) is 4.79 Å². The Labute approximate surface area is 130 Å². The molecule has 3 fully saturated rings. The fourth-order valence-corrected chi connectivity index (χ4v) is 6.19. The van der Waals surface area contributed by atoms with Crippen LogP contribution in [0.1, 0.15) is 37.7 Å². The maximum absolute atomic E-state index is 12.4. The van der Waals surface area contributed by atoms with Gasteiger partial charge in [0.25, 0.3) is 0 Å². The molecule has 3 saturated carbocycles. The monoisotopic (exact) mass is 382 g/mol. The van der Waals surface area contributed by atoms with Crippen molar-refractivity contribution in [2.45, 2.75) is 37.5 Å². The van der Waals surface area contributed by atoms with Crippen LogP contribution in [0.5, 0.6) is 0 Å². The highest BCUT2D eigenvalue weighted by molar-refractivity contribution is 9.10. The predicted molar refractivity (Wildman–Crippen MR) is 82.6 cm³/mol. The highest BCUT2D eigenvalue weighted by Crippen LogP contribution is 2.88. The Bertz CT molecular complexity index is 580. The lowest BCUT2D eigenvalue weighted by Crippen LogP contribution is -2.48. The number of alkyl halides is 1. The van der Waals surface area contributed by atoms with Crippen molar-refractivity contribution in [3.8, 4) is 0 Å². The minimum Gasteiger partial charge on any atom is -0.298 e. The molecule has 0 saturated heterocycles. The summed E-state index contributed by atoms with van der Waals surface area (Å²) in [5, 5.41) is 0.531. The molecule has 1 aromatic rings. The number of halogens is 2. The zero-order valence-corrected chi connectivity index (χ0v) is 13.9. The molecule has 100 valence electrons. The van der Waals surface area contributed by atoms with Gasteiger partial charge in [-0.25, -0.2) is 0 Å². The fraction of sp³-hybridized carbons (Fsp3) is 0.562. The van der Waals surface area contributed by atoms with E-state index < -0.39 is 0 Å². The smallest absolute Gasteiger partial charge is 0.150 e. The zero-order chi connectivity index (χ0) is 13.3. The summed E-state index contributed by atoms with van der Waals surface area (Å²) in [6.45, 7) is 0. The first-order chi connectivity index (χ1) is 9.10. The largest absolute Gasteiger partial charge is 0.298 e. The number of rotatable bonds is 3. The molecule has 1 aromatic carbocycles. The second kappa shape index (κ2) is 3.73. The third-order valence-electron chi connectivity index (χ3n) is 6.30. The van der Waals surface area contributed by atoms with E-state index in [4.69, 9.17) is 0 Å². The Morgan fingerprint density at radius 3 is 2.63 bits per heavy atom. The van der Waals surface area contributed by atoms with Gasteiger partial charge in [-0.15, -0.1) is 0 Å². The molecule has 0 radical (unpaired) electrons. The first-order valence-corrected chi connectivity index (χ1v) is 8.87. The first kappa shape index (κ1) is 12.6. The fourth-order valence-electron chi connectivity index (χ4n) is 5.26. The van der Waals surface area contributed by atoms with Crippen LogP contribution in [0.15, 0.2) is 28.7 Å². The van der Waals surface area contributed by atoms with E-state index in [1.165, 1.54) is 24.8 Å². The van der Waals surface area contributed by atoms with Crippen molar-refractivity contribution >= 4 is 37.6 Å². The second-order valence-corrected chi connectivity index (χ2v) is 7.97.